The Bertz CT molecular complexity index is 1130. The van der Waals surface area contributed by atoms with Crippen LogP contribution in [0.1, 0.15) is 44.6 Å². The third-order valence-electron chi connectivity index (χ3n) is 5.90. The average molecular weight is 536 g/mol. The van der Waals surface area contributed by atoms with E-state index in [-0.39, 0.29) is 33.4 Å². The Hall–Kier alpha value is -2.01. The fourth-order valence-corrected chi connectivity index (χ4v) is 5.95. The number of alkyl halides is 3. The molecule has 1 aromatic carbocycles. The van der Waals surface area contributed by atoms with Crippen LogP contribution in [0, 0.1) is 6.92 Å². The maximum Gasteiger partial charge on any atom is 0.435 e. The summed E-state index contributed by atoms with van der Waals surface area (Å²) in [6.45, 7) is 4.76. The number of carbonyl (C=O) groups excluding carboxylic acids is 1. The van der Waals surface area contributed by atoms with Crippen molar-refractivity contribution in [1.82, 2.24) is 10.2 Å². The van der Waals surface area contributed by atoms with E-state index in [1.807, 2.05) is 13.8 Å². The standard InChI is InChI=1S/C22H22Cl2F3N3O3S/c1-11(10-32-3)28-20(31)19-12(2)16-8-30(9-17(16)34-19)18-7-21(33-29-18,22(25,26)27)13-4-14(23)6-15(24)5-13/h4-6,11H,7-10H2,1-3H3,(H,28,31). The van der Waals surface area contributed by atoms with Crippen molar-refractivity contribution in [3.63, 3.8) is 0 Å². The zero-order valence-electron chi connectivity index (χ0n) is 18.6. The second-order valence-electron chi connectivity index (χ2n) is 8.40. The normalized spacial score (nSPS) is 20.7. The average Bonchev–Trinajstić information content (AvgIpc) is 3.41. The Kier molecular flexibility index (Phi) is 6.80. The van der Waals surface area contributed by atoms with Crippen molar-refractivity contribution in [3.8, 4) is 0 Å². The van der Waals surface area contributed by atoms with Gasteiger partial charge in [0.25, 0.3) is 11.5 Å². The smallest absolute Gasteiger partial charge is 0.383 e. The summed E-state index contributed by atoms with van der Waals surface area (Å²) in [6.07, 6.45) is -5.26. The van der Waals surface area contributed by atoms with Gasteiger partial charge in [0.1, 0.15) is 5.84 Å². The Morgan fingerprint density at radius 1 is 1.32 bits per heavy atom. The van der Waals surface area contributed by atoms with Crippen LogP contribution in [0.3, 0.4) is 0 Å². The van der Waals surface area contributed by atoms with Crippen molar-refractivity contribution in [2.45, 2.75) is 51.2 Å². The molecule has 0 saturated heterocycles. The molecule has 3 heterocycles. The van der Waals surface area contributed by atoms with Gasteiger partial charge in [-0.25, -0.2) is 0 Å². The van der Waals surface area contributed by atoms with Crippen LogP contribution >= 0.6 is 34.5 Å². The fourth-order valence-electron chi connectivity index (χ4n) is 4.19. The zero-order chi connectivity index (χ0) is 24.8. The highest BCUT2D eigenvalue weighted by molar-refractivity contribution is 7.14. The number of methoxy groups -OCH3 is 1. The number of ether oxygens (including phenoxy) is 1. The van der Waals surface area contributed by atoms with Crippen molar-refractivity contribution < 1.29 is 27.5 Å². The van der Waals surface area contributed by atoms with Crippen molar-refractivity contribution in [3.05, 3.63) is 54.7 Å². The van der Waals surface area contributed by atoms with Gasteiger partial charge in [0, 0.05) is 40.2 Å². The van der Waals surface area contributed by atoms with Crippen LogP contribution in [-0.2, 0) is 28.3 Å². The lowest BCUT2D eigenvalue weighted by atomic mass is 9.89. The number of nitrogens with one attached hydrogen (secondary N) is 1. The molecule has 0 radical (unpaired) electrons. The molecule has 0 spiro atoms. The number of benzene rings is 1. The summed E-state index contributed by atoms with van der Waals surface area (Å²) in [6, 6.07) is 3.60. The van der Waals surface area contributed by atoms with Gasteiger partial charge in [0.2, 0.25) is 0 Å². The molecule has 1 amide bonds. The molecule has 2 aliphatic heterocycles. The van der Waals surface area contributed by atoms with Crippen LogP contribution in [0.15, 0.2) is 23.4 Å². The van der Waals surface area contributed by atoms with Gasteiger partial charge in [0.15, 0.2) is 0 Å². The highest BCUT2D eigenvalue weighted by atomic mass is 35.5. The quantitative estimate of drug-likeness (QED) is 0.538. The van der Waals surface area contributed by atoms with Crippen LogP contribution in [0.5, 0.6) is 0 Å². The third-order valence-corrected chi connectivity index (χ3v) is 7.66. The Balaban J connectivity index is 1.53. The number of amides is 1. The Morgan fingerprint density at radius 3 is 2.59 bits per heavy atom. The molecule has 0 fully saturated rings. The van der Waals surface area contributed by atoms with E-state index in [4.69, 9.17) is 32.8 Å². The molecule has 2 atom stereocenters. The topological polar surface area (TPSA) is 63.2 Å². The van der Waals surface area contributed by atoms with Crippen molar-refractivity contribution >= 4 is 46.3 Å². The molecule has 184 valence electrons. The van der Waals surface area contributed by atoms with E-state index in [0.29, 0.717) is 24.6 Å². The van der Waals surface area contributed by atoms with Gasteiger partial charge in [-0.15, -0.1) is 11.3 Å². The molecular formula is C22H22Cl2F3N3O3S. The van der Waals surface area contributed by atoms with Crippen molar-refractivity contribution in [2.75, 3.05) is 13.7 Å². The minimum Gasteiger partial charge on any atom is -0.383 e. The summed E-state index contributed by atoms with van der Waals surface area (Å²) in [4.78, 5) is 21.0. The van der Waals surface area contributed by atoms with E-state index >= 15 is 0 Å². The summed E-state index contributed by atoms with van der Waals surface area (Å²) in [7, 11) is 1.56. The molecule has 0 aliphatic carbocycles. The first-order valence-corrected chi connectivity index (χ1v) is 12.0. The fraction of sp³-hybridized carbons (Fsp3) is 0.455. The Labute approximate surface area is 208 Å². The highest BCUT2D eigenvalue weighted by Crippen LogP contribution is 2.50. The number of rotatable bonds is 5. The van der Waals surface area contributed by atoms with Crippen LogP contribution in [0.2, 0.25) is 10.0 Å². The number of halogens is 5. The van der Waals surface area contributed by atoms with E-state index < -0.39 is 18.2 Å². The molecule has 2 aromatic rings. The lowest BCUT2D eigenvalue weighted by molar-refractivity contribution is -0.275. The van der Waals surface area contributed by atoms with E-state index in [9.17, 15) is 18.0 Å². The number of oxime groups is 1. The zero-order valence-corrected chi connectivity index (χ0v) is 20.9. The SMILES string of the molecule is COCC(C)NC(=O)c1sc2c(c1C)CN(C1=NOC(c3cc(Cl)cc(Cl)c3)(C(F)(F)F)C1)C2. The maximum absolute atomic E-state index is 14.2. The van der Waals surface area contributed by atoms with Gasteiger partial charge in [-0.2, -0.15) is 13.2 Å². The van der Waals surface area contributed by atoms with Crippen molar-refractivity contribution in [1.29, 1.82) is 0 Å². The molecular weight excluding hydrogens is 514 g/mol. The molecule has 2 unspecified atom stereocenters. The van der Waals surface area contributed by atoms with Crippen LogP contribution in [0.4, 0.5) is 13.2 Å². The van der Waals surface area contributed by atoms with Gasteiger partial charge in [-0.1, -0.05) is 28.4 Å². The summed E-state index contributed by atoms with van der Waals surface area (Å²) >= 11 is 13.3. The first kappa shape index (κ1) is 25.1. The summed E-state index contributed by atoms with van der Waals surface area (Å²) in [5.41, 5.74) is -1.14. The molecule has 4 rings (SSSR count). The minimum absolute atomic E-state index is 0.0766. The van der Waals surface area contributed by atoms with Gasteiger partial charge < -0.3 is 19.8 Å². The number of amidine groups is 1. The monoisotopic (exact) mass is 535 g/mol. The van der Waals surface area contributed by atoms with E-state index in [2.05, 4.69) is 10.5 Å². The van der Waals surface area contributed by atoms with Gasteiger partial charge >= 0.3 is 6.18 Å². The molecule has 12 heteroatoms. The summed E-state index contributed by atoms with van der Waals surface area (Å²) in [5.74, 6) is -0.0144. The largest absolute Gasteiger partial charge is 0.435 e. The number of carbonyl (C=O) groups is 1. The summed E-state index contributed by atoms with van der Waals surface area (Å²) < 4.78 is 47.8. The number of hydrogen-bond donors (Lipinski definition) is 1. The Morgan fingerprint density at radius 2 is 2.00 bits per heavy atom. The number of fused-ring (bicyclic) bond motifs is 1. The van der Waals surface area contributed by atoms with Crippen LogP contribution in [0.25, 0.3) is 0 Å². The van der Waals surface area contributed by atoms with Gasteiger partial charge in [-0.3, -0.25) is 4.79 Å². The molecule has 0 bridgehead atoms. The number of hydrogen-bond acceptors (Lipinski definition) is 6. The highest BCUT2D eigenvalue weighted by Gasteiger charge is 2.63. The lowest BCUT2D eigenvalue weighted by Crippen LogP contribution is -2.43. The van der Waals surface area contributed by atoms with E-state index in [1.54, 1.807) is 12.0 Å². The first-order chi connectivity index (χ1) is 15.9. The van der Waals surface area contributed by atoms with Gasteiger partial charge in [0.05, 0.1) is 24.4 Å². The lowest BCUT2D eigenvalue weighted by Gasteiger charge is -2.30. The number of nitrogens with zero attached hydrogens (tertiary/aromatic N) is 2. The second-order valence-corrected chi connectivity index (χ2v) is 10.4. The molecule has 2 aliphatic rings. The predicted octanol–water partition coefficient (Wildman–Crippen LogP) is 5.64. The summed E-state index contributed by atoms with van der Waals surface area (Å²) in [5, 5.41) is 6.87. The molecule has 34 heavy (non-hydrogen) atoms. The second kappa shape index (κ2) is 9.22. The van der Waals surface area contributed by atoms with Crippen molar-refractivity contribution in [2.24, 2.45) is 5.16 Å². The molecule has 6 nitrogen and oxygen atoms in total. The van der Waals surface area contributed by atoms with E-state index in [0.717, 1.165) is 16.0 Å². The van der Waals surface area contributed by atoms with E-state index in [1.165, 1.54) is 29.5 Å². The van der Waals surface area contributed by atoms with Crippen LogP contribution in [-0.4, -0.2) is 42.6 Å². The van der Waals surface area contributed by atoms with Crippen LogP contribution < -0.4 is 5.32 Å². The molecule has 1 aromatic heterocycles. The number of thiophene rings is 1. The molecule has 1 N–H and O–H groups in total. The molecule has 0 saturated carbocycles. The first-order valence-electron chi connectivity index (χ1n) is 10.4. The van der Waals surface area contributed by atoms with Gasteiger partial charge in [-0.05, 0) is 43.2 Å². The minimum atomic E-state index is -4.75. The third kappa shape index (κ3) is 4.48. The predicted molar refractivity (Wildman–Crippen MR) is 124 cm³/mol. The maximum atomic E-state index is 14.2.